The number of hydrogen-bond donors (Lipinski definition) is 0. The zero-order valence-electron chi connectivity index (χ0n) is 3.43. The highest BCUT2D eigenvalue weighted by atomic mass is 79.9. The molecule has 0 amide bonds. The molecule has 0 aromatic carbocycles. The molecule has 0 radical (unpaired) electrons. The molecule has 0 saturated heterocycles. The molecule has 0 aliphatic carbocycles. The van der Waals surface area contributed by atoms with E-state index >= 15 is 0 Å². The first-order valence-corrected chi connectivity index (χ1v) is 3.91. The normalized spacial score (nSPS) is 18.9. The zero-order valence-corrected chi connectivity index (χ0v) is 7.35. The van der Waals surface area contributed by atoms with Crippen LogP contribution in [0, 0.1) is 0 Å². The van der Waals surface area contributed by atoms with Crippen molar-refractivity contribution in [1.82, 2.24) is 0 Å². The van der Waals surface area contributed by atoms with E-state index in [9.17, 15) is 4.39 Å². The third-order valence-corrected chi connectivity index (χ3v) is 3.15. The van der Waals surface area contributed by atoms with Crippen LogP contribution >= 0.6 is 43.5 Å². The van der Waals surface area contributed by atoms with Gasteiger partial charge in [-0.15, -0.1) is 11.6 Å². The van der Waals surface area contributed by atoms with Crippen molar-refractivity contribution in [3.63, 3.8) is 0 Å². The number of rotatable bonds is 2. The van der Waals surface area contributed by atoms with Crippen molar-refractivity contribution in [2.24, 2.45) is 0 Å². The summed E-state index contributed by atoms with van der Waals surface area (Å²) in [6, 6.07) is 0. The van der Waals surface area contributed by atoms with E-state index in [1.54, 1.807) is 0 Å². The first-order valence-electron chi connectivity index (χ1n) is 1.62. The van der Waals surface area contributed by atoms with Gasteiger partial charge in [0, 0.05) is 5.33 Å². The summed E-state index contributed by atoms with van der Waals surface area (Å²) in [5.41, 5.74) is 0. The average Bonchev–Trinajstić information content (AvgIpc) is 1.68. The highest BCUT2D eigenvalue weighted by molar-refractivity contribution is 9.12. The van der Waals surface area contributed by atoms with Crippen molar-refractivity contribution < 1.29 is 4.39 Å². The van der Waals surface area contributed by atoms with Crippen LogP contribution in [0.4, 0.5) is 4.39 Å². The van der Waals surface area contributed by atoms with Gasteiger partial charge in [0.2, 0.25) is 0 Å². The molecule has 4 heteroatoms. The Morgan fingerprint density at radius 1 is 1.71 bits per heavy atom. The lowest BCUT2D eigenvalue weighted by Crippen LogP contribution is -2.15. The van der Waals surface area contributed by atoms with Crippen LogP contribution in [-0.4, -0.2) is 15.8 Å². The highest BCUT2D eigenvalue weighted by Gasteiger charge is 2.20. The van der Waals surface area contributed by atoms with Crippen molar-refractivity contribution in [1.29, 1.82) is 0 Å². The molecule has 0 rings (SSSR count). The number of halogens is 4. The molecule has 0 fully saturated rings. The Hall–Kier alpha value is 1.18. The molecular weight excluding hydrogens is 250 g/mol. The van der Waals surface area contributed by atoms with Crippen molar-refractivity contribution in [3.8, 4) is 0 Å². The fourth-order valence-electron chi connectivity index (χ4n) is 0.0357. The minimum absolute atomic E-state index is 0.415. The van der Waals surface area contributed by atoms with Crippen LogP contribution in [0.25, 0.3) is 0 Å². The quantitative estimate of drug-likeness (QED) is 0.665. The number of hydrogen-bond acceptors (Lipinski definition) is 0. The molecule has 0 aromatic heterocycles. The fraction of sp³-hybridized carbons (Fsp3) is 1.00. The van der Waals surface area contributed by atoms with Gasteiger partial charge in [-0.25, -0.2) is 4.39 Å². The van der Waals surface area contributed by atoms with E-state index in [1.807, 2.05) is 0 Å². The van der Waals surface area contributed by atoms with Gasteiger partial charge in [0.15, 0.2) is 0 Å². The lowest BCUT2D eigenvalue weighted by Gasteiger charge is -2.08. The van der Waals surface area contributed by atoms with Gasteiger partial charge in [-0.3, -0.25) is 0 Å². The molecule has 0 aromatic rings. The Morgan fingerprint density at radius 3 is 2.14 bits per heavy atom. The van der Waals surface area contributed by atoms with E-state index in [4.69, 9.17) is 11.6 Å². The van der Waals surface area contributed by atoms with Crippen LogP contribution in [0.2, 0.25) is 0 Å². The average molecular weight is 254 g/mol. The van der Waals surface area contributed by atoms with E-state index in [2.05, 4.69) is 31.9 Å². The summed E-state index contributed by atoms with van der Waals surface area (Å²) in [5.74, 6) is 0. The topological polar surface area (TPSA) is 0 Å². The third kappa shape index (κ3) is 3.74. The summed E-state index contributed by atoms with van der Waals surface area (Å²) < 4.78 is 10.7. The molecule has 44 valence electrons. The zero-order chi connectivity index (χ0) is 5.91. The van der Waals surface area contributed by atoms with Crippen molar-refractivity contribution >= 4 is 43.5 Å². The second kappa shape index (κ2) is 3.25. The maximum atomic E-state index is 11.6. The Labute approximate surface area is 63.7 Å². The maximum absolute atomic E-state index is 11.6. The number of alkyl halides is 4. The first-order chi connectivity index (χ1) is 3.12. The van der Waals surface area contributed by atoms with E-state index in [1.165, 1.54) is 0 Å². The van der Waals surface area contributed by atoms with Gasteiger partial charge in [0.1, 0.15) is 10.5 Å². The van der Waals surface area contributed by atoms with Crippen LogP contribution in [0.3, 0.4) is 0 Å². The molecule has 0 aliphatic heterocycles. The molecule has 0 N–H and O–H groups in total. The molecule has 0 saturated carbocycles. The summed E-state index contributed by atoms with van der Waals surface area (Å²) in [6.07, 6.45) is 0. The van der Waals surface area contributed by atoms with Gasteiger partial charge < -0.3 is 0 Å². The molecule has 0 heterocycles. The Morgan fingerprint density at radius 2 is 2.14 bits per heavy atom. The summed E-state index contributed by atoms with van der Waals surface area (Å²) in [7, 11) is 0. The van der Waals surface area contributed by atoms with Gasteiger partial charge in [-0.2, -0.15) is 0 Å². The molecule has 0 aliphatic rings. The van der Waals surface area contributed by atoms with Crippen LogP contribution in [0.1, 0.15) is 0 Å². The molecule has 7 heavy (non-hydrogen) atoms. The monoisotopic (exact) mass is 252 g/mol. The predicted octanol–water partition coefficient (Wildman–Crippen LogP) is 2.68. The van der Waals surface area contributed by atoms with E-state index in [0.29, 0.717) is 5.33 Å². The molecule has 1 atom stereocenters. The molecule has 1 unspecified atom stereocenters. The molecular formula is C3H4Br2ClF. The van der Waals surface area contributed by atoms with Crippen LogP contribution in [0.15, 0.2) is 0 Å². The van der Waals surface area contributed by atoms with Crippen LogP contribution < -0.4 is 0 Å². The van der Waals surface area contributed by atoms with Gasteiger partial charge in [0.05, 0.1) is 0 Å². The minimum atomic E-state index is -0.882. The smallest absolute Gasteiger partial charge is 0.137 e. The Kier molecular flexibility index (Phi) is 3.80. The highest BCUT2D eigenvalue weighted by Crippen LogP contribution is 2.25. The Balaban J connectivity index is 3.36. The van der Waals surface area contributed by atoms with E-state index in [-0.39, 0.29) is 0 Å². The van der Waals surface area contributed by atoms with Gasteiger partial charge in [-0.1, -0.05) is 31.9 Å². The SMILES string of the molecule is FCC(Cl)(Br)CBr. The third-order valence-electron chi connectivity index (χ3n) is 0.391. The largest absolute Gasteiger partial charge is 0.248 e. The second-order valence-corrected chi connectivity index (χ2v) is 4.38. The van der Waals surface area contributed by atoms with Crippen molar-refractivity contribution in [3.05, 3.63) is 0 Å². The molecule has 0 nitrogen and oxygen atoms in total. The van der Waals surface area contributed by atoms with Crippen LogP contribution in [-0.2, 0) is 0 Å². The summed E-state index contributed by atoms with van der Waals surface area (Å²) in [4.78, 5) is 0. The van der Waals surface area contributed by atoms with Gasteiger partial charge in [-0.05, 0) is 0 Å². The predicted molar refractivity (Wildman–Crippen MR) is 37.3 cm³/mol. The Bertz CT molecular complexity index is 50.9. The van der Waals surface area contributed by atoms with Crippen LogP contribution in [0.5, 0.6) is 0 Å². The van der Waals surface area contributed by atoms with Gasteiger partial charge in [0.25, 0.3) is 0 Å². The van der Waals surface area contributed by atoms with Crippen molar-refractivity contribution in [2.45, 2.75) is 3.78 Å². The minimum Gasteiger partial charge on any atom is -0.248 e. The van der Waals surface area contributed by atoms with E-state index in [0.717, 1.165) is 0 Å². The maximum Gasteiger partial charge on any atom is 0.137 e. The lowest BCUT2D eigenvalue weighted by molar-refractivity contribution is 0.482. The summed E-state index contributed by atoms with van der Waals surface area (Å²) >= 11 is 11.3. The second-order valence-electron chi connectivity index (χ2n) is 1.12. The van der Waals surface area contributed by atoms with Crippen molar-refractivity contribution in [2.75, 3.05) is 12.0 Å². The fourth-order valence-corrected chi connectivity index (χ4v) is 0.186. The van der Waals surface area contributed by atoms with E-state index < -0.39 is 10.5 Å². The summed E-state index contributed by atoms with van der Waals surface area (Å²) in [6.45, 7) is -0.570. The standard InChI is InChI=1S/C3H4Br2ClF/c4-1-3(5,6)2-7/h1-2H2. The summed E-state index contributed by atoms with van der Waals surface area (Å²) in [5, 5.41) is 0.415. The first kappa shape index (κ1) is 8.18. The molecule has 0 spiro atoms. The van der Waals surface area contributed by atoms with Gasteiger partial charge >= 0.3 is 0 Å². The lowest BCUT2D eigenvalue weighted by atomic mass is 10.5. The molecule has 0 bridgehead atoms.